The second-order valence-corrected chi connectivity index (χ2v) is 8.11. The molecule has 5 heteroatoms. The number of fused-ring (bicyclic) bond motifs is 1. The summed E-state index contributed by atoms with van der Waals surface area (Å²) in [5.74, 6) is -0.0953. The predicted octanol–water partition coefficient (Wildman–Crippen LogP) is 3.57. The first-order chi connectivity index (χ1) is 11.8. The summed E-state index contributed by atoms with van der Waals surface area (Å²) in [6, 6.07) is 6.97. The third kappa shape index (κ3) is 3.55. The molecular weight excluding hydrogens is 316 g/mol. The number of aromatic amines is 1. The van der Waals surface area contributed by atoms with Gasteiger partial charge in [0.05, 0.1) is 5.52 Å². The minimum atomic E-state index is -0.558. The molecule has 1 aliphatic carbocycles. The highest BCUT2D eigenvalue weighted by molar-refractivity contribution is 6.02. The molecule has 1 amide bonds. The molecule has 2 aromatic rings. The summed E-state index contributed by atoms with van der Waals surface area (Å²) in [5, 5.41) is 13.8. The fourth-order valence-corrected chi connectivity index (χ4v) is 3.80. The van der Waals surface area contributed by atoms with E-state index >= 15 is 0 Å². The molecular formula is C20H26N2O3. The van der Waals surface area contributed by atoms with E-state index in [2.05, 4.69) is 31.1 Å². The van der Waals surface area contributed by atoms with Gasteiger partial charge in [0.1, 0.15) is 11.3 Å². The minimum absolute atomic E-state index is 0.0522. The number of aromatic nitrogens is 1. The monoisotopic (exact) mass is 342 g/mol. The van der Waals surface area contributed by atoms with Crippen molar-refractivity contribution in [1.29, 1.82) is 0 Å². The van der Waals surface area contributed by atoms with E-state index in [1.54, 1.807) is 24.3 Å². The van der Waals surface area contributed by atoms with Crippen molar-refractivity contribution < 1.29 is 9.90 Å². The van der Waals surface area contributed by atoms with Crippen LogP contribution >= 0.6 is 0 Å². The average Bonchev–Trinajstić information content (AvgIpc) is 2.54. The van der Waals surface area contributed by atoms with Crippen molar-refractivity contribution in [2.24, 2.45) is 11.3 Å². The molecule has 1 saturated carbocycles. The Labute approximate surface area is 147 Å². The molecule has 1 heterocycles. The van der Waals surface area contributed by atoms with Crippen LogP contribution in [0.2, 0.25) is 0 Å². The van der Waals surface area contributed by atoms with Gasteiger partial charge in [-0.3, -0.25) is 9.59 Å². The van der Waals surface area contributed by atoms with Crippen LogP contribution in [0, 0.1) is 11.3 Å². The number of para-hydroxylation sites is 1. The molecule has 1 fully saturated rings. The Balaban J connectivity index is 1.77. The summed E-state index contributed by atoms with van der Waals surface area (Å²) in [7, 11) is 0. The Morgan fingerprint density at radius 3 is 2.44 bits per heavy atom. The number of amides is 1. The van der Waals surface area contributed by atoms with Crippen LogP contribution in [0.4, 0.5) is 0 Å². The van der Waals surface area contributed by atoms with E-state index in [9.17, 15) is 14.7 Å². The zero-order valence-corrected chi connectivity index (χ0v) is 15.1. The first-order valence-corrected chi connectivity index (χ1v) is 8.92. The van der Waals surface area contributed by atoms with Crippen molar-refractivity contribution >= 4 is 16.8 Å². The Kier molecular flexibility index (Phi) is 4.58. The van der Waals surface area contributed by atoms with Crippen molar-refractivity contribution in [3.8, 4) is 5.75 Å². The van der Waals surface area contributed by atoms with Gasteiger partial charge in [0.25, 0.3) is 11.5 Å². The van der Waals surface area contributed by atoms with Gasteiger partial charge in [0.2, 0.25) is 0 Å². The lowest BCUT2D eigenvalue weighted by Crippen LogP contribution is -2.41. The van der Waals surface area contributed by atoms with Crippen molar-refractivity contribution in [2.75, 3.05) is 0 Å². The summed E-state index contributed by atoms with van der Waals surface area (Å²) in [6.07, 6.45) is 3.93. The smallest absolute Gasteiger partial charge is 0.265 e. The van der Waals surface area contributed by atoms with Crippen LogP contribution in [0.5, 0.6) is 5.75 Å². The molecule has 1 aromatic carbocycles. The maximum absolute atomic E-state index is 12.6. The van der Waals surface area contributed by atoms with Crippen molar-refractivity contribution in [2.45, 2.75) is 52.5 Å². The van der Waals surface area contributed by atoms with E-state index in [1.807, 2.05) is 0 Å². The molecule has 0 unspecified atom stereocenters. The highest BCUT2D eigenvalue weighted by Gasteiger charge is 2.31. The van der Waals surface area contributed by atoms with Crippen LogP contribution in [-0.4, -0.2) is 22.0 Å². The second-order valence-electron chi connectivity index (χ2n) is 8.11. The van der Waals surface area contributed by atoms with Gasteiger partial charge in [-0.05, 0) is 49.1 Å². The molecule has 5 nitrogen and oxygen atoms in total. The molecule has 25 heavy (non-hydrogen) atoms. The molecule has 134 valence electrons. The molecule has 0 bridgehead atoms. The molecule has 1 aromatic heterocycles. The number of aromatic hydroxyl groups is 1. The number of hydrogen-bond donors (Lipinski definition) is 3. The van der Waals surface area contributed by atoms with Crippen molar-refractivity contribution in [1.82, 2.24) is 10.3 Å². The quantitative estimate of drug-likeness (QED) is 0.780. The molecule has 0 saturated heterocycles. The van der Waals surface area contributed by atoms with Crippen LogP contribution in [0.15, 0.2) is 29.1 Å². The third-order valence-electron chi connectivity index (χ3n) is 5.41. The van der Waals surface area contributed by atoms with Crippen molar-refractivity contribution in [3.05, 3.63) is 40.2 Å². The molecule has 0 spiro atoms. The maximum Gasteiger partial charge on any atom is 0.265 e. The van der Waals surface area contributed by atoms with Gasteiger partial charge in [0.15, 0.2) is 0 Å². The van der Waals surface area contributed by atoms with E-state index in [0.29, 0.717) is 16.8 Å². The molecule has 1 aliphatic rings. The third-order valence-corrected chi connectivity index (χ3v) is 5.41. The SMILES string of the molecule is CC(C)(C)C1CCC(NC(=O)c2c(O)c3ccccc3[nH]c2=O)CC1. The zero-order valence-electron chi connectivity index (χ0n) is 15.1. The normalized spacial score (nSPS) is 21.2. The topological polar surface area (TPSA) is 82.2 Å². The van der Waals surface area contributed by atoms with E-state index in [4.69, 9.17) is 0 Å². The van der Waals surface area contributed by atoms with Crippen LogP contribution in [0.1, 0.15) is 56.8 Å². The first-order valence-electron chi connectivity index (χ1n) is 8.92. The molecule has 3 rings (SSSR count). The fraction of sp³-hybridized carbons (Fsp3) is 0.500. The summed E-state index contributed by atoms with van der Waals surface area (Å²) >= 11 is 0. The van der Waals surface area contributed by atoms with Crippen LogP contribution in [-0.2, 0) is 0 Å². The van der Waals surface area contributed by atoms with E-state index in [1.165, 1.54) is 0 Å². The number of carbonyl (C=O) groups excluding carboxylic acids is 1. The molecule has 3 N–H and O–H groups in total. The van der Waals surface area contributed by atoms with Crippen LogP contribution < -0.4 is 10.9 Å². The first kappa shape index (κ1) is 17.5. The summed E-state index contributed by atoms with van der Waals surface area (Å²) in [4.78, 5) is 27.5. The van der Waals surface area contributed by atoms with Crippen molar-refractivity contribution in [3.63, 3.8) is 0 Å². The maximum atomic E-state index is 12.6. The van der Waals surface area contributed by atoms with Gasteiger partial charge >= 0.3 is 0 Å². The van der Waals surface area contributed by atoms with Crippen LogP contribution in [0.3, 0.4) is 0 Å². The zero-order chi connectivity index (χ0) is 18.2. The Morgan fingerprint density at radius 1 is 1.16 bits per heavy atom. The number of hydrogen-bond acceptors (Lipinski definition) is 3. The average molecular weight is 342 g/mol. The number of rotatable bonds is 2. The Morgan fingerprint density at radius 2 is 1.80 bits per heavy atom. The van der Waals surface area contributed by atoms with E-state index < -0.39 is 11.5 Å². The van der Waals surface area contributed by atoms with Crippen LogP contribution in [0.25, 0.3) is 10.9 Å². The summed E-state index contributed by atoms with van der Waals surface area (Å²) in [6.45, 7) is 6.76. The Hall–Kier alpha value is -2.30. The van der Waals surface area contributed by atoms with Gasteiger partial charge < -0.3 is 15.4 Å². The lowest BCUT2D eigenvalue weighted by atomic mass is 9.71. The number of benzene rings is 1. The van der Waals surface area contributed by atoms with Gasteiger partial charge in [0, 0.05) is 11.4 Å². The lowest BCUT2D eigenvalue weighted by Gasteiger charge is -2.37. The summed E-state index contributed by atoms with van der Waals surface area (Å²) < 4.78 is 0. The van der Waals surface area contributed by atoms with E-state index in [-0.39, 0.29) is 22.8 Å². The number of H-pyrrole nitrogens is 1. The number of pyridine rings is 1. The lowest BCUT2D eigenvalue weighted by molar-refractivity contribution is 0.0900. The second kappa shape index (κ2) is 6.54. The van der Waals surface area contributed by atoms with Gasteiger partial charge in [-0.25, -0.2) is 0 Å². The van der Waals surface area contributed by atoms with E-state index in [0.717, 1.165) is 25.7 Å². The van der Waals surface area contributed by atoms with Gasteiger partial charge in [-0.1, -0.05) is 32.9 Å². The number of carbonyl (C=O) groups is 1. The largest absolute Gasteiger partial charge is 0.506 e. The summed E-state index contributed by atoms with van der Waals surface area (Å²) in [5.41, 5.74) is 0.0453. The molecule has 0 aliphatic heterocycles. The standard InChI is InChI=1S/C20H26N2O3/c1-20(2,3)12-8-10-13(11-9-12)21-18(24)16-17(23)14-6-4-5-7-15(14)22-19(16)25/h4-7,12-13H,8-11H2,1-3H3,(H,21,24)(H2,22,23,25). The molecule has 0 radical (unpaired) electrons. The fourth-order valence-electron chi connectivity index (χ4n) is 3.80. The molecule has 0 atom stereocenters. The highest BCUT2D eigenvalue weighted by atomic mass is 16.3. The highest BCUT2D eigenvalue weighted by Crippen LogP contribution is 2.37. The minimum Gasteiger partial charge on any atom is -0.506 e. The number of nitrogens with one attached hydrogen (secondary N) is 2. The predicted molar refractivity (Wildman–Crippen MR) is 98.9 cm³/mol. The Bertz CT molecular complexity index is 840. The van der Waals surface area contributed by atoms with Gasteiger partial charge in [-0.2, -0.15) is 0 Å². The van der Waals surface area contributed by atoms with Gasteiger partial charge in [-0.15, -0.1) is 0 Å².